The summed E-state index contributed by atoms with van der Waals surface area (Å²) in [5.41, 5.74) is 1.20. The van der Waals surface area contributed by atoms with Crippen molar-refractivity contribution < 1.29 is 19.1 Å². The summed E-state index contributed by atoms with van der Waals surface area (Å²) in [6.45, 7) is 1.67. The number of phenolic OH excluding ortho intramolecular Hbond substituents is 1. The molecule has 0 aliphatic carbocycles. The maximum Gasteiger partial charge on any atom is 0.314 e. The lowest BCUT2D eigenvalue weighted by atomic mass is 10.2. The molecule has 0 aliphatic heterocycles. The first kappa shape index (κ1) is 15.8. The minimum atomic E-state index is -0.921. The molecule has 114 valence electrons. The molecule has 0 heterocycles. The number of aryl methyl sites for hydroxylation is 1. The van der Waals surface area contributed by atoms with Gasteiger partial charge in [0.2, 0.25) is 0 Å². The van der Waals surface area contributed by atoms with Crippen LogP contribution in [0.15, 0.2) is 36.4 Å². The van der Waals surface area contributed by atoms with Crippen LogP contribution in [0.3, 0.4) is 0 Å². The van der Waals surface area contributed by atoms with Gasteiger partial charge in [0.1, 0.15) is 11.6 Å². The Morgan fingerprint density at radius 3 is 2.41 bits per heavy atom. The number of phenols is 1. The Labute approximate surface area is 130 Å². The predicted molar refractivity (Wildman–Crippen MR) is 81.5 cm³/mol. The lowest BCUT2D eigenvalue weighted by Crippen LogP contribution is -2.29. The van der Waals surface area contributed by atoms with Crippen molar-refractivity contribution in [2.75, 3.05) is 10.6 Å². The number of hydrogen-bond donors (Lipinski definition) is 3. The van der Waals surface area contributed by atoms with Gasteiger partial charge in [-0.05, 0) is 48.9 Å². The molecule has 0 aromatic heterocycles. The molecule has 2 aromatic carbocycles. The summed E-state index contributed by atoms with van der Waals surface area (Å²) in [6, 6.07) is 7.89. The number of amides is 2. The number of carbonyl (C=O) groups is 2. The average molecular weight is 323 g/mol. The van der Waals surface area contributed by atoms with Gasteiger partial charge in [-0.15, -0.1) is 0 Å². The van der Waals surface area contributed by atoms with Gasteiger partial charge >= 0.3 is 11.8 Å². The summed E-state index contributed by atoms with van der Waals surface area (Å²) in [6.07, 6.45) is 0. The smallest absolute Gasteiger partial charge is 0.314 e. The SMILES string of the molecule is Cc1cc(O)ccc1NC(=O)C(=O)Nc1ccc(F)c(Cl)c1. The third kappa shape index (κ3) is 3.73. The number of hydrogen-bond acceptors (Lipinski definition) is 3. The Bertz CT molecular complexity index is 750. The second-order valence-electron chi connectivity index (χ2n) is 4.54. The molecular formula is C15H12ClFN2O3. The molecule has 0 bridgehead atoms. The molecule has 0 saturated heterocycles. The second kappa shape index (κ2) is 6.44. The highest BCUT2D eigenvalue weighted by molar-refractivity contribution is 6.43. The van der Waals surface area contributed by atoms with Crippen molar-refractivity contribution in [2.24, 2.45) is 0 Å². The van der Waals surface area contributed by atoms with E-state index in [2.05, 4.69) is 10.6 Å². The van der Waals surface area contributed by atoms with Gasteiger partial charge in [0.15, 0.2) is 0 Å². The largest absolute Gasteiger partial charge is 0.508 e. The van der Waals surface area contributed by atoms with Crippen molar-refractivity contribution in [3.63, 3.8) is 0 Å². The lowest BCUT2D eigenvalue weighted by molar-refractivity contribution is -0.133. The monoisotopic (exact) mass is 322 g/mol. The highest BCUT2D eigenvalue weighted by atomic mass is 35.5. The van der Waals surface area contributed by atoms with Gasteiger partial charge in [-0.3, -0.25) is 9.59 Å². The van der Waals surface area contributed by atoms with Crippen molar-refractivity contribution in [3.8, 4) is 5.75 Å². The predicted octanol–water partition coefficient (Wildman–Crippen LogP) is 3.07. The Morgan fingerprint density at radius 2 is 1.77 bits per heavy atom. The Morgan fingerprint density at radius 1 is 1.09 bits per heavy atom. The molecule has 0 radical (unpaired) electrons. The Balaban J connectivity index is 2.05. The summed E-state index contributed by atoms with van der Waals surface area (Å²) >= 11 is 5.59. The van der Waals surface area contributed by atoms with E-state index >= 15 is 0 Å². The molecule has 5 nitrogen and oxygen atoms in total. The molecule has 0 unspecified atom stereocenters. The average Bonchev–Trinajstić information content (AvgIpc) is 2.45. The van der Waals surface area contributed by atoms with E-state index in [0.717, 1.165) is 6.07 Å². The molecule has 0 atom stereocenters. The molecule has 2 aromatic rings. The number of aromatic hydroxyl groups is 1. The molecule has 0 aliphatic rings. The van der Waals surface area contributed by atoms with E-state index in [-0.39, 0.29) is 16.5 Å². The summed E-state index contributed by atoms with van der Waals surface area (Å²) in [5.74, 6) is -2.38. The van der Waals surface area contributed by atoms with Gasteiger partial charge < -0.3 is 15.7 Å². The second-order valence-corrected chi connectivity index (χ2v) is 4.94. The van der Waals surface area contributed by atoms with Gasteiger partial charge in [-0.25, -0.2) is 4.39 Å². The zero-order valence-electron chi connectivity index (χ0n) is 11.5. The minimum Gasteiger partial charge on any atom is -0.508 e. The van der Waals surface area contributed by atoms with Crippen LogP contribution < -0.4 is 10.6 Å². The first-order valence-corrected chi connectivity index (χ1v) is 6.61. The third-order valence-electron chi connectivity index (χ3n) is 2.84. The Hall–Kier alpha value is -2.60. The quantitative estimate of drug-likeness (QED) is 0.587. The number of rotatable bonds is 2. The lowest BCUT2D eigenvalue weighted by Gasteiger charge is -2.09. The fourth-order valence-electron chi connectivity index (χ4n) is 1.73. The van der Waals surface area contributed by atoms with E-state index < -0.39 is 17.6 Å². The van der Waals surface area contributed by atoms with E-state index in [1.54, 1.807) is 6.92 Å². The normalized spacial score (nSPS) is 10.1. The Kier molecular flexibility index (Phi) is 4.62. The zero-order valence-corrected chi connectivity index (χ0v) is 12.2. The first-order valence-electron chi connectivity index (χ1n) is 6.24. The number of nitrogens with one attached hydrogen (secondary N) is 2. The molecular weight excluding hydrogens is 311 g/mol. The molecule has 0 spiro atoms. The van der Waals surface area contributed by atoms with Crippen LogP contribution in [0.5, 0.6) is 5.75 Å². The number of halogens is 2. The van der Waals surface area contributed by atoms with Crippen LogP contribution in [0.1, 0.15) is 5.56 Å². The highest BCUT2D eigenvalue weighted by Gasteiger charge is 2.15. The molecule has 2 amide bonds. The van der Waals surface area contributed by atoms with E-state index in [0.29, 0.717) is 11.3 Å². The maximum absolute atomic E-state index is 13.0. The third-order valence-corrected chi connectivity index (χ3v) is 3.13. The minimum absolute atomic E-state index is 0.0564. The number of anilines is 2. The van der Waals surface area contributed by atoms with E-state index in [1.807, 2.05) is 0 Å². The molecule has 0 saturated carbocycles. The summed E-state index contributed by atoms with van der Waals surface area (Å²) in [7, 11) is 0. The van der Waals surface area contributed by atoms with E-state index in [1.165, 1.54) is 30.3 Å². The van der Waals surface area contributed by atoms with Crippen molar-refractivity contribution in [2.45, 2.75) is 6.92 Å². The van der Waals surface area contributed by atoms with Crippen LogP contribution in [0.4, 0.5) is 15.8 Å². The van der Waals surface area contributed by atoms with Crippen molar-refractivity contribution in [3.05, 3.63) is 52.8 Å². The summed E-state index contributed by atoms with van der Waals surface area (Å²) in [5, 5.41) is 13.9. The maximum atomic E-state index is 13.0. The molecule has 22 heavy (non-hydrogen) atoms. The topological polar surface area (TPSA) is 78.4 Å². The van der Waals surface area contributed by atoms with Gasteiger partial charge in [0, 0.05) is 11.4 Å². The highest BCUT2D eigenvalue weighted by Crippen LogP contribution is 2.21. The van der Waals surface area contributed by atoms with Crippen molar-refractivity contribution in [1.29, 1.82) is 0 Å². The van der Waals surface area contributed by atoms with Gasteiger partial charge in [-0.1, -0.05) is 11.6 Å². The van der Waals surface area contributed by atoms with Crippen molar-refractivity contribution in [1.82, 2.24) is 0 Å². The summed E-state index contributed by atoms with van der Waals surface area (Å²) < 4.78 is 13.0. The van der Waals surface area contributed by atoms with Crippen LogP contribution in [0.2, 0.25) is 5.02 Å². The standard InChI is InChI=1S/C15H12ClFN2O3/c1-8-6-10(20)3-5-13(8)19-15(22)14(21)18-9-2-4-12(17)11(16)7-9/h2-7,20H,1H3,(H,18,21)(H,19,22). The fraction of sp³-hybridized carbons (Fsp3) is 0.0667. The van der Waals surface area contributed by atoms with Gasteiger partial charge in [0.05, 0.1) is 5.02 Å². The van der Waals surface area contributed by atoms with E-state index in [4.69, 9.17) is 11.6 Å². The van der Waals surface area contributed by atoms with Crippen LogP contribution in [0, 0.1) is 12.7 Å². The molecule has 3 N–H and O–H groups in total. The van der Waals surface area contributed by atoms with Crippen LogP contribution in [-0.2, 0) is 9.59 Å². The molecule has 7 heteroatoms. The van der Waals surface area contributed by atoms with Gasteiger partial charge in [-0.2, -0.15) is 0 Å². The van der Waals surface area contributed by atoms with Gasteiger partial charge in [0.25, 0.3) is 0 Å². The first-order chi connectivity index (χ1) is 10.4. The number of carbonyl (C=O) groups excluding carboxylic acids is 2. The fourth-order valence-corrected chi connectivity index (χ4v) is 1.91. The van der Waals surface area contributed by atoms with E-state index in [9.17, 15) is 19.1 Å². The zero-order chi connectivity index (χ0) is 16.3. The van der Waals surface area contributed by atoms with Crippen molar-refractivity contribution >= 4 is 34.8 Å². The van der Waals surface area contributed by atoms with Crippen LogP contribution in [-0.4, -0.2) is 16.9 Å². The van der Waals surface area contributed by atoms with Crippen LogP contribution in [0.25, 0.3) is 0 Å². The summed E-state index contributed by atoms with van der Waals surface area (Å²) in [4.78, 5) is 23.6. The number of benzene rings is 2. The molecule has 2 rings (SSSR count). The molecule has 0 fully saturated rings. The van der Waals surface area contributed by atoms with Crippen LogP contribution >= 0.6 is 11.6 Å².